The molecule has 5 nitrogen and oxygen atoms in total. The van der Waals surface area contributed by atoms with Crippen molar-refractivity contribution >= 4 is 29.3 Å². The van der Waals surface area contributed by atoms with Gasteiger partial charge < -0.3 is 9.47 Å². The van der Waals surface area contributed by atoms with E-state index in [2.05, 4.69) is 0 Å². The Balaban J connectivity index is 1.66. The van der Waals surface area contributed by atoms with Crippen molar-refractivity contribution in [3.63, 3.8) is 0 Å². The Labute approximate surface area is 179 Å². The third kappa shape index (κ3) is 5.33. The van der Waals surface area contributed by atoms with Crippen LogP contribution in [0, 0.1) is 0 Å². The Hall–Kier alpha value is -3.44. The second kappa shape index (κ2) is 9.37. The quantitative estimate of drug-likeness (QED) is 0.304. The molecule has 1 atom stereocenters. The van der Waals surface area contributed by atoms with Crippen molar-refractivity contribution in [2.45, 2.75) is 20.0 Å². The molecule has 0 amide bonds. The predicted molar refractivity (Wildman–Crippen MR) is 114 cm³/mol. The summed E-state index contributed by atoms with van der Waals surface area (Å²) in [6.45, 7) is 2.87. The normalized spacial score (nSPS) is 11.4. The molecule has 0 unspecified atom stereocenters. The van der Waals surface area contributed by atoms with Crippen LogP contribution in [0.25, 0.3) is 11.1 Å². The van der Waals surface area contributed by atoms with Gasteiger partial charge in [0.15, 0.2) is 6.10 Å². The van der Waals surface area contributed by atoms with Gasteiger partial charge >= 0.3 is 11.9 Å². The number of rotatable bonds is 6. The van der Waals surface area contributed by atoms with Crippen molar-refractivity contribution in [2.75, 3.05) is 0 Å². The van der Waals surface area contributed by atoms with Crippen molar-refractivity contribution in [3.8, 4) is 16.9 Å². The molecule has 152 valence electrons. The summed E-state index contributed by atoms with van der Waals surface area (Å²) in [7, 11) is 0. The lowest BCUT2D eigenvalue weighted by Gasteiger charge is -2.13. The van der Waals surface area contributed by atoms with Gasteiger partial charge in [-0.15, -0.1) is 0 Å². The highest BCUT2D eigenvalue weighted by Gasteiger charge is 2.20. The lowest BCUT2D eigenvalue weighted by atomic mass is 10.0. The second-order valence-corrected chi connectivity index (χ2v) is 7.05. The average Bonchev–Trinajstić information content (AvgIpc) is 2.73. The topological polar surface area (TPSA) is 69.7 Å². The van der Waals surface area contributed by atoms with Crippen LogP contribution in [0.1, 0.15) is 34.6 Å². The number of hydrogen-bond acceptors (Lipinski definition) is 5. The monoisotopic (exact) mass is 422 g/mol. The molecule has 0 saturated carbocycles. The molecule has 0 radical (unpaired) electrons. The van der Waals surface area contributed by atoms with E-state index in [4.69, 9.17) is 21.1 Å². The molecule has 0 aromatic heterocycles. The minimum Gasteiger partial charge on any atom is -0.451 e. The third-order valence-electron chi connectivity index (χ3n) is 4.33. The van der Waals surface area contributed by atoms with E-state index in [1.165, 1.54) is 19.9 Å². The van der Waals surface area contributed by atoms with Crippen LogP contribution in [-0.4, -0.2) is 23.8 Å². The van der Waals surface area contributed by atoms with Crippen LogP contribution in [0.2, 0.25) is 5.02 Å². The van der Waals surface area contributed by atoms with Crippen LogP contribution in [0.15, 0.2) is 72.8 Å². The van der Waals surface area contributed by atoms with Gasteiger partial charge in [-0.25, -0.2) is 4.79 Å². The first-order valence-corrected chi connectivity index (χ1v) is 9.61. The first-order chi connectivity index (χ1) is 14.3. The van der Waals surface area contributed by atoms with E-state index in [0.29, 0.717) is 21.9 Å². The van der Waals surface area contributed by atoms with E-state index in [1.807, 2.05) is 12.1 Å². The third-order valence-corrected chi connectivity index (χ3v) is 4.57. The van der Waals surface area contributed by atoms with E-state index < -0.39 is 12.1 Å². The molecular formula is C24H19ClO5. The summed E-state index contributed by atoms with van der Waals surface area (Å²) in [5.41, 5.74) is 2.50. The number of halogens is 1. The highest BCUT2D eigenvalue weighted by Crippen LogP contribution is 2.23. The summed E-state index contributed by atoms with van der Waals surface area (Å²) >= 11 is 5.91. The van der Waals surface area contributed by atoms with Crippen LogP contribution in [0.4, 0.5) is 0 Å². The number of carbonyl (C=O) groups is 3. The number of Topliss-reactive ketones (excluding diaryl/α,β-unsaturated/α-hetero) is 1. The fourth-order valence-corrected chi connectivity index (χ4v) is 3.03. The molecule has 0 aliphatic heterocycles. The maximum atomic E-state index is 12.4. The maximum absolute atomic E-state index is 12.4. The Morgan fingerprint density at radius 3 is 2.00 bits per heavy atom. The standard InChI is InChI=1S/C24H19ClO5/c1-15(23(27)20-4-3-5-21(25)14-20)29-24(28)19-8-6-17(7-9-19)18-10-12-22(13-11-18)30-16(2)26/h3-15H,1-2H3/t15-/m0/s1. The zero-order chi connectivity index (χ0) is 21.7. The van der Waals surface area contributed by atoms with Crippen LogP contribution in [0.3, 0.4) is 0 Å². The predicted octanol–water partition coefficient (Wildman–Crippen LogP) is 5.36. The molecule has 0 N–H and O–H groups in total. The number of benzene rings is 3. The van der Waals surface area contributed by atoms with Crippen LogP contribution >= 0.6 is 11.6 Å². The summed E-state index contributed by atoms with van der Waals surface area (Å²) < 4.78 is 10.3. The Morgan fingerprint density at radius 1 is 0.833 bits per heavy atom. The number of carbonyl (C=O) groups excluding carboxylic acids is 3. The molecule has 3 rings (SSSR count). The molecule has 0 saturated heterocycles. The zero-order valence-electron chi connectivity index (χ0n) is 16.4. The fraction of sp³-hybridized carbons (Fsp3) is 0.125. The molecule has 0 heterocycles. The van der Waals surface area contributed by atoms with Crippen molar-refractivity contribution in [1.29, 1.82) is 0 Å². The van der Waals surface area contributed by atoms with E-state index >= 15 is 0 Å². The summed E-state index contributed by atoms with van der Waals surface area (Å²) in [5.74, 6) is -0.830. The molecule has 30 heavy (non-hydrogen) atoms. The lowest BCUT2D eigenvalue weighted by Crippen LogP contribution is -2.24. The summed E-state index contributed by atoms with van der Waals surface area (Å²) in [6.07, 6.45) is -0.940. The summed E-state index contributed by atoms with van der Waals surface area (Å²) in [6, 6.07) is 20.3. The molecule has 0 fully saturated rings. The van der Waals surface area contributed by atoms with Crippen molar-refractivity contribution in [3.05, 3.63) is 88.9 Å². The molecular weight excluding hydrogens is 404 g/mol. The van der Waals surface area contributed by atoms with Gasteiger partial charge in [-0.05, 0) is 54.4 Å². The first kappa shape index (κ1) is 21.3. The largest absolute Gasteiger partial charge is 0.451 e. The summed E-state index contributed by atoms with van der Waals surface area (Å²) in [5, 5.41) is 0.441. The van der Waals surface area contributed by atoms with Gasteiger partial charge in [-0.1, -0.05) is 48.0 Å². The first-order valence-electron chi connectivity index (χ1n) is 9.23. The molecule has 0 aliphatic carbocycles. The van der Waals surface area contributed by atoms with Gasteiger partial charge in [0, 0.05) is 17.5 Å². The summed E-state index contributed by atoms with van der Waals surface area (Å²) in [4.78, 5) is 35.8. The molecule has 3 aromatic carbocycles. The highest BCUT2D eigenvalue weighted by molar-refractivity contribution is 6.31. The Bertz CT molecular complexity index is 1070. The van der Waals surface area contributed by atoms with Crippen molar-refractivity contribution in [2.24, 2.45) is 0 Å². The number of ketones is 1. The molecule has 6 heteroatoms. The Kier molecular flexibility index (Phi) is 6.65. The van der Waals surface area contributed by atoms with Crippen molar-refractivity contribution in [1.82, 2.24) is 0 Å². The van der Waals surface area contributed by atoms with Crippen LogP contribution < -0.4 is 4.74 Å². The Morgan fingerprint density at radius 2 is 1.43 bits per heavy atom. The van der Waals surface area contributed by atoms with Crippen LogP contribution in [0.5, 0.6) is 5.75 Å². The zero-order valence-corrected chi connectivity index (χ0v) is 17.2. The molecule has 0 aliphatic rings. The molecule has 0 spiro atoms. The van der Waals surface area contributed by atoms with E-state index in [0.717, 1.165) is 11.1 Å². The molecule has 3 aromatic rings. The van der Waals surface area contributed by atoms with Gasteiger partial charge in [0.1, 0.15) is 5.75 Å². The maximum Gasteiger partial charge on any atom is 0.338 e. The number of ether oxygens (including phenoxy) is 2. The van der Waals surface area contributed by atoms with E-state index in [1.54, 1.807) is 54.6 Å². The fourth-order valence-electron chi connectivity index (χ4n) is 2.84. The van der Waals surface area contributed by atoms with Crippen molar-refractivity contribution < 1.29 is 23.9 Å². The minimum absolute atomic E-state index is 0.324. The van der Waals surface area contributed by atoms with E-state index in [-0.39, 0.29) is 11.8 Å². The van der Waals surface area contributed by atoms with E-state index in [9.17, 15) is 14.4 Å². The minimum atomic E-state index is -0.940. The highest BCUT2D eigenvalue weighted by atomic mass is 35.5. The van der Waals surface area contributed by atoms with Gasteiger partial charge in [0.25, 0.3) is 0 Å². The second-order valence-electron chi connectivity index (χ2n) is 6.62. The smallest absolute Gasteiger partial charge is 0.338 e. The average molecular weight is 423 g/mol. The van der Waals surface area contributed by atoms with Gasteiger partial charge in [-0.3, -0.25) is 9.59 Å². The van der Waals surface area contributed by atoms with Crippen LogP contribution in [-0.2, 0) is 9.53 Å². The van der Waals surface area contributed by atoms with Gasteiger partial charge in [0.2, 0.25) is 5.78 Å². The lowest BCUT2D eigenvalue weighted by molar-refractivity contribution is -0.131. The van der Waals surface area contributed by atoms with Gasteiger partial charge in [0.05, 0.1) is 5.56 Å². The molecule has 0 bridgehead atoms. The SMILES string of the molecule is CC(=O)Oc1ccc(-c2ccc(C(=O)O[C@@H](C)C(=O)c3cccc(Cl)c3)cc2)cc1. The number of hydrogen-bond donors (Lipinski definition) is 0. The number of esters is 2. The van der Waals surface area contributed by atoms with Gasteiger partial charge in [-0.2, -0.15) is 0 Å².